The summed E-state index contributed by atoms with van der Waals surface area (Å²) in [6.07, 6.45) is 2.78. The van der Waals surface area contributed by atoms with Gasteiger partial charge in [0.15, 0.2) is 0 Å². The summed E-state index contributed by atoms with van der Waals surface area (Å²) in [5, 5.41) is 0. The van der Waals surface area contributed by atoms with E-state index in [1.807, 2.05) is 7.11 Å². The van der Waals surface area contributed by atoms with Crippen LogP contribution < -0.4 is 0 Å². The normalized spacial score (nSPS) is 15.9. The first-order valence-corrected chi connectivity index (χ1v) is 5.28. The minimum Gasteiger partial charge on any atom is -0.380 e. The van der Waals surface area contributed by atoms with Crippen molar-refractivity contribution in [2.75, 3.05) is 7.11 Å². The minimum atomic E-state index is 0.230. The molecule has 0 aliphatic rings. The van der Waals surface area contributed by atoms with Gasteiger partial charge in [-0.15, -0.1) is 0 Å². The average molecular weight is 186 g/mol. The number of hydrogen-bond acceptors (Lipinski definition) is 1. The van der Waals surface area contributed by atoms with Crippen molar-refractivity contribution in [3.63, 3.8) is 0 Å². The fourth-order valence-corrected chi connectivity index (χ4v) is 2.62. The molecule has 0 radical (unpaired) electrons. The van der Waals surface area contributed by atoms with E-state index in [4.69, 9.17) is 4.74 Å². The molecule has 1 heteroatoms. The van der Waals surface area contributed by atoms with Gasteiger partial charge >= 0.3 is 0 Å². The zero-order chi connectivity index (χ0) is 10.7. The summed E-state index contributed by atoms with van der Waals surface area (Å²) in [4.78, 5) is 0. The highest BCUT2D eigenvalue weighted by atomic mass is 16.5. The predicted octanol–water partition coefficient (Wildman–Crippen LogP) is 3.87. The standard InChI is InChI=1S/C12H26O/c1-8-9-12(5,6)10(13-7)11(2,3)4/h10H,8-9H2,1-7H3/t10-/m1/s1. The molecule has 0 amide bonds. The molecule has 0 heterocycles. The van der Waals surface area contributed by atoms with Gasteiger partial charge in [-0.1, -0.05) is 48.0 Å². The Bertz CT molecular complexity index is 142. The lowest BCUT2D eigenvalue weighted by Crippen LogP contribution is -2.41. The van der Waals surface area contributed by atoms with E-state index in [0.29, 0.717) is 6.10 Å². The molecule has 0 unspecified atom stereocenters. The van der Waals surface area contributed by atoms with Crippen LogP contribution in [0.3, 0.4) is 0 Å². The van der Waals surface area contributed by atoms with E-state index in [-0.39, 0.29) is 10.8 Å². The molecule has 0 rings (SSSR count). The van der Waals surface area contributed by atoms with Crippen molar-refractivity contribution in [1.82, 2.24) is 0 Å². The van der Waals surface area contributed by atoms with Crippen molar-refractivity contribution in [2.24, 2.45) is 10.8 Å². The summed E-state index contributed by atoms with van der Waals surface area (Å²) >= 11 is 0. The molecule has 0 bridgehead atoms. The Labute approximate surface area is 83.9 Å². The van der Waals surface area contributed by atoms with Crippen LogP contribution in [-0.4, -0.2) is 13.2 Å². The van der Waals surface area contributed by atoms with E-state index in [0.717, 1.165) is 0 Å². The number of hydrogen-bond donors (Lipinski definition) is 0. The summed E-state index contributed by atoms with van der Waals surface area (Å²) in [5.74, 6) is 0. The van der Waals surface area contributed by atoms with Gasteiger partial charge in [-0.3, -0.25) is 0 Å². The van der Waals surface area contributed by atoms with Crippen LogP contribution in [0.4, 0.5) is 0 Å². The maximum atomic E-state index is 5.63. The molecule has 0 saturated heterocycles. The Hall–Kier alpha value is -0.0400. The monoisotopic (exact) mass is 186 g/mol. The lowest BCUT2D eigenvalue weighted by atomic mass is 9.71. The summed E-state index contributed by atoms with van der Waals surface area (Å²) in [7, 11) is 1.83. The van der Waals surface area contributed by atoms with Crippen LogP contribution in [0, 0.1) is 10.8 Å². The van der Waals surface area contributed by atoms with E-state index >= 15 is 0 Å². The number of methoxy groups -OCH3 is 1. The number of ether oxygens (including phenoxy) is 1. The highest BCUT2D eigenvalue weighted by Crippen LogP contribution is 2.38. The van der Waals surface area contributed by atoms with Crippen molar-refractivity contribution < 1.29 is 4.74 Å². The van der Waals surface area contributed by atoms with Crippen LogP contribution in [0.2, 0.25) is 0 Å². The second-order valence-electron chi connectivity index (χ2n) is 5.72. The minimum absolute atomic E-state index is 0.230. The molecular weight excluding hydrogens is 160 g/mol. The molecule has 13 heavy (non-hydrogen) atoms. The van der Waals surface area contributed by atoms with Gasteiger partial charge in [-0.2, -0.15) is 0 Å². The molecule has 0 spiro atoms. The highest BCUT2D eigenvalue weighted by Gasteiger charge is 2.37. The second-order valence-corrected chi connectivity index (χ2v) is 5.72. The molecule has 0 aliphatic heterocycles. The molecular formula is C12H26O. The van der Waals surface area contributed by atoms with Crippen molar-refractivity contribution in [3.05, 3.63) is 0 Å². The molecule has 80 valence electrons. The zero-order valence-corrected chi connectivity index (χ0v) is 10.4. The molecule has 0 aliphatic carbocycles. The van der Waals surface area contributed by atoms with E-state index in [1.54, 1.807) is 0 Å². The van der Waals surface area contributed by atoms with Crippen LogP contribution in [-0.2, 0) is 4.74 Å². The Morgan fingerprint density at radius 3 is 1.77 bits per heavy atom. The third-order valence-electron chi connectivity index (χ3n) is 2.63. The molecule has 0 aromatic rings. The predicted molar refractivity (Wildman–Crippen MR) is 58.9 cm³/mol. The van der Waals surface area contributed by atoms with Crippen molar-refractivity contribution >= 4 is 0 Å². The van der Waals surface area contributed by atoms with Gasteiger partial charge < -0.3 is 4.74 Å². The van der Waals surface area contributed by atoms with Gasteiger partial charge in [0, 0.05) is 7.11 Å². The molecule has 0 fully saturated rings. The van der Waals surface area contributed by atoms with Crippen LogP contribution in [0.1, 0.15) is 54.4 Å². The van der Waals surface area contributed by atoms with E-state index < -0.39 is 0 Å². The first-order valence-electron chi connectivity index (χ1n) is 5.28. The Morgan fingerprint density at radius 2 is 1.54 bits per heavy atom. The third-order valence-corrected chi connectivity index (χ3v) is 2.63. The molecule has 1 atom stereocenters. The number of rotatable bonds is 4. The summed E-state index contributed by atoms with van der Waals surface area (Å²) in [6, 6.07) is 0. The van der Waals surface area contributed by atoms with Gasteiger partial charge in [0.25, 0.3) is 0 Å². The van der Waals surface area contributed by atoms with Crippen LogP contribution in [0.25, 0.3) is 0 Å². The molecule has 0 aromatic carbocycles. The largest absolute Gasteiger partial charge is 0.380 e. The lowest BCUT2D eigenvalue weighted by Gasteiger charge is -2.41. The molecule has 1 nitrogen and oxygen atoms in total. The van der Waals surface area contributed by atoms with E-state index in [2.05, 4.69) is 41.5 Å². The van der Waals surface area contributed by atoms with Gasteiger partial charge in [0.2, 0.25) is 0 Å². The van der Waals surface area contributed by atoms with E-state index in [1.165, 1.54) is 12.8 Å². The Kier molecular flexibility index (Phi) is 4.44. The van der Waals surface area contributed by atoms with Crippen molar-refractivity contribution in [2.45, 2.75) is 60.5 Å². The fourth-order valence-electron chi connectivity index (χ4n) is 2.62. The lowest BCUT2D eigenvalue weighted by molar-refractivity contribution is -0.0675. The average Bonchev–Trinajstić information content (AvgIpc) is 1.83. The van der Waals surface area contributed by atoms with Crippen LogP contribution in [0.5, 0.6) is 0 Å². The van der Waals surface area contributed by atoms with E-state index in [9.17, 15) is 0 Å². The summed E-state index contributed by atoms with van der Waals surface area (Å²) < 4.78 is 5.63. The molecule has 0 aromatic heterocycles. The van der Waals surface area contributed by atoms with Gasteiger partial charge in [-0.05, 0) is 17.3 Å². The zero-order valence-electron chi connectivity index (χ0n) is 10.4. The smallest absolute Gasteiger partial charge is 0.0670 e. The maximum Gasteiger partial charge on any atom is 0.0670 e. The first kappa shape index (κ1) is 13.0. The van der Waals surface area contributed by atoms with Crippen molar-refractivity contribution in [3.8, 4) is 0 Å². The van der Waals surface area contributed by atoms with Gasteiger partial charge in [0.05, 0.1) is 6.10 Å². The van der Waals surface area contributed by atoms with Crippen molar-refractivity contribution in [1.29, 1.82) is 0 Å². The SMILES string of the molecule is CCCC(C)(C)[C@H](OC)C(C)(C)C. The highest BCUT2D eigenvalue weighted by molar-refractivity contribution is 4.87. The molecule has 0 saturated carbocycles. The summed E-state index contributed by atoms with van der Waals surface area (Å²) in [5.41, 5.74) is 0.509. The quantitative estimate of drug-likeness (QED) is 0.647. The fraction of sp³-hybridized carbons (Fsp3) is 1.00. The topological polar surface area (TPSA) is 9.23 Å². The second kappa shape index (κ2) is 4.45. The third kappa shape index (κ3) is 3.68. The molecule has 0 N–H and O–H groups in total. The first-order chi connectivity index (χ1) is 5.75. The maximum absolute atomic E-state index is 5.63. The Balaban J connectivity index is 4.56. The van der Waals surface area contributed by atoms with Gasteiger partial charge in [0.1, 0.15) is 0 Å². The van der Waals surface area contributed by atoms with Crippen LogP contribution >= 0.6 is 0 Å². The summed E-state index contributed by atoms with van der Waals surface area (Å²) in [6.45, 7) is 13.6. The van der Waals surface area contributed by atoms with Crippen LogP contribution in [0.15, 0.2) is 0 Å². The Morgan fingerprint density at radius 1 is 1.08 bits per heavy atom. The van der Waals surface area contributed by atoms with Gasteiger partial charge in [-0.25, -0.2) is 0 Å².